The predicted octanol–water partition coefficient (Wildman–Crippen LogP) is 5.25. The van der Waals surface area contributed by atoms with Crippen LogP contribution < -0.4 is 5.56 Å². The Hall–Kier alpha value is -4.63. The Morgan fingerprint density at radius 2 is 1.80 bits per heavy atom. The van der Waals surface area contributed by atoms with Gasteiger partial charge in [-0.1, -0.05) is 6.07 Å². The SMILES string of the molecule is CN1CCC(n2cc(-c3cnc4ccc(CCn5nc(-n6ccc7ccc(F)cc76)ccc5=O)cc4c3)cn2)CC1. The average molecular weight is 548 g/mol. The van der Waals surface area contributed by atoms with Gasteiger partial charge in [0.05, 0.1) is 23.3 Å². The number of pyridine rings is 1. The van der Waals surface area contributed by atoms with Crippen molar-refractivity contribution in [1.29, 1.82) is 0 Å². The van der Waals surface area contributed by atoms with E-state index in [1.807, 2.05) is 36.8 Å². The van der Waals surface area contributed by atoms with Gasteiger partial charge in [-0.15, -0.1) is 0 Å². The van der Waals surface area contributed by atoms with Gasteiger partial charge >= 0.3 is 0 Å². The first kappa shape index (κ1) is 25.3. The number of fused-ring (bicyclic) bond motifs is 2. The molecule has 0 atom stereocenters. The number of hydrogen-bond acceptors (Lipinski definition) is 5. The Morgan fingerprint density at radius 3 is 2.68 bits per heavy atom. The van der Waals surface area contributed by atoms with Crippen molar-refractivity contribution in [2.75, 3.05) is 20.1 Å². The van der Waals surface area contributed by atoms with E-state index in [0.29, 0.717) is 30.3 Å². The van der Waals surface area contributed by atoms with E-state index in [0.717, 1.165) is 58.9 Å². The second-order valence-electron chi connectivity index (χ2n) is 10.9. The molecule has 0 N–H and O–H groups in total. The molecule has 0 radical (unpaired) electrons. The van der Waals surface area contributed by atoms with Crippen LogP contribution in [0.15, 0.2) is 90.2 Å². The topological polar surface area (TPSA) is 73.8 Å². The number of halogens is 1. The van der Waals surface area contributed by atoms with E-state index in [2.05, 4.69) is 45.2 Å². The van der Waals surface area contributed by atoms with Crippen LogP contribution >= 0.6 is 0 Å². The molecule has 5 heterocycles. The van der Waals surface area contributed by atoms with Crippen LogP contribution in [0.2, 0.25) is 0 Å². The molecular weight excluding hydrogens is 517 g/mol. The van der Waals surface area contributed by atoms with E-state index >= 15 is 0 Å². The number of hydrogen-bond donors (Lipinski definition) is 0. The van der Waals surface area contributed by atoms with Gasteiger partial charge in [-0.05, 0) is 93.5 Å². The smallest absolute Gasteiger partial charge is 0.266 e. The maximum absolute atomic E-state index is 13.9. The molecule has 1 aliphatic heterocycles. The molecule has 1 aliphatic rings. The first-order valence-electron chi connectivity index (χ1n) is 14.0. The van der Waals surface area contributed by atoms with Gasteiger partial charge in [-0.3, -0.25) is 19.0 Å². The van der Waals surface area contributed by atoms with Crippen LogP contribution in [0.3, 0.4) is 0 Å². The molecule has 9 heteroatoms. The summed E-state index contributed by atoms with van der Waals surface area (Å²) in [7, 11) is 2.17. The molecule has 4 aromatic heterocycles. The molecule has 206 valence electrons. The third kappa shape index (κ3) is 5.04. The van der Waals surface area contributed by atoms with Gasteiger partial charge in [0.2, 0.25) is 0 Å². The maximum atomic E-state index is 13.9. The Bertz CT molecular complexity index is 1930. The predicted molar refractivity (Wildman–Crippen MR) is 158 cm³/mol. The van der Waals surface area contributed by atoms with Crippen LogP contribution in [0.1, 0.15) is 24.4 Å². The van der Waals surface area contributed by atoms with Crippen LogP contribution in [0, 0.1) is 5.82 Å². The van der Waals surface area contributed by atoms with Gasteiger partial charge in [-0.2, -0.15) is 10.2 Å². The maximum Gasteiger partial charge on any atom is 0.266 e. The van der Waals surface area contributed by atoms with Gasteiger partial charge in [-0.25, -0.2) is 9.07 Å². The van der Waals surface area contributed by atoms with Gasteiger partial charge in [0.15, 0.2) is 5.82 Å². The summed E-state index contributed by atoms with van der Waals surface area (Å²) >= 11 is 0. The first-order chi connectivity index (χ1) is 20.0. The quantitative estimate of drug-likeness (QED) is 0.285. The Labute approximate surface area is 236 Å². The molecule has 6 aromatic rings. The van der Waals surface area contributed by atoms with Gasteiger partial charge < -0.3 is 4.90 Å². The zero-order chi connectivity index (χ0) is 27.9. The molecule has 0 amide bonds. The molecule has 1 saturated heterocycles. The van der Waals surface area contributed by atoms with Crippen molar-refractivity contribution in [3.8, 4) is 16.9 Å². The summed E-state index contributed by atoms with van der Waals surface area (Å²) in [6.07, 6.45) is 10.7. The fourth-order valence-electron chi connectivity index (χ4n) is 5.70. The summed E-state index contributed by atoms with van der Waals surface area (Å²) in [5, 5.41) is 11.2. The molecule has 0 unspecified atom stereocenters. The lowest BCUT2D eigenvalue weighted by Gasteiger charge is -2.28. The lowest BCUT2D eigenvalue weighted by molar-refractivity contribution is 0.212. The van der Waals surface area contributed by atoms with Crippen molar-refractivity contribution in [3.05, 3.63) is 107 Å². The van der Waals surface area contributed by atoms with Gasteiger partial charge in [0, 0.05) is 53.1 Å². The van der Waals surface area contributed by atoms with Crippen molar-refractivity contribution in [3.63, 3.8) is 0 Å². The highest BCUT2D eigenvalue weighted by Crippen LogP contribution is 2.27. The van der Waals surface area contributed by atoms with E-state index in [9.17, 15) is 9.18 Å². The van der Waals surface area contributed by atoms with E-state index in [1.165, 1.54) is 22.9 Å². The zero-order valence-electron chi connectivity index (χ0n) is 22.8. The molecular formula is C32H30FN7O. The fourth-order valence-corrected chi connectivity index (χ4v) is 5.70. The number of aryl methyl sites for hydroxylation is 2. The number of benzene rings is 2. The van der Waals surface area contributed by atoms with Crippen LogP contribution in [-0.4, -0.2) is 54.1 Å². The molecule has 0 spiro atoms. The summed E-state index contributed by atoms with van der Waals surface area (Å²) in [6.45, 7) is 2.60. The summed E-state index contributed by atoms with van der Waals surface area (Å²) in [4.78, 5) is 19.7. The molecule has 0 aliphatic carbocycles. The zero-order valence-corrected chi connectivity index (χ0v) is 22.8. The molecule has 8 nitrogen and oxygen atoms in total. The number of nitrogens with zero attached hydrogens (tertiary/aromatic N) is 7. The van der Waals surface area contributed by atoms with Crippen molar-refractivity contribution >= 4 is 21.8 Å². The van der Waals surface area contributed by atoms with Crippen molar-refractivity contribution in [2.45, 2.75) is 31.8 Å². The van der Waals surface area contributed by atoms with Crippen LogP contribution in [0.4, 0.5) is 4.39 Å². The Morgan fingerprint density at radius 1 is 0.927 bits per heavy atom. The van der Waals surface area contributed by atoms with Crippen LogP contribution in [0.5, 0.6) is 0 Å². The highest BCUT2D eigenvalue weighted by molar-refractivity contribution is 5.84. The molecule has 0 bridgehead atoms. The summed E-state index contributed by atoms with van der Waals surface area (Å²) in [5.41, 5.74) is 4.64. The number of rotatable bonds is 6. The summed E-state index contributed by atoms with van der Waals surface area (Å²) in [5.74, 6) is 0.254. The summed E-state index contributed by atoms with van der Waals surface area (Å²) < 4.78 is 19.3. The third-order valence-corrected chi connectivity index (χ3v) is 8.11. The van der Waals surface area contributed by atoms with Crippen molar-refractivity contribution in [1.82, 2.24) is 34.0 Å². The molecule has 1 fully saturated rings. The second-order valence-corrected chi connectivity index (χ2v) is 10.9. The monoisotopic (exact) mass is 547 g/mol. The first-order valence-corrected chi connectivity index (χ1v) is 14.0. The normalized spacial score (nSPS) is 14.8. The average Bonchev–Trinajstić information content (AvgIpc) is 3.65. The van der Waals surface area contributed by atoms with Crippen LogP contribution in [0.25, 0.3) is 38.8 Å². The summed E-state index contributed by atoms with van der Waals surface area (Å²) in [6, 6.07) is 18.5. The van der Waals surface area contributed by atoms with Crippen molar-refractivity contribution < 1.29 is 4.39 Å². The van der Waals surface area contributed by atoms with Gasteiger partial charge in [0.25, 0.3) is 5.56 Å². The third-order valence-electron chi connectivity index (χ3n) is 8.11. The Balaban J connectivity index is 1.11. The minimum Gasteiger partial charge on any atom is -0.306 e. The van der Waals surface area contributed by atoms with Gasteiger partial charge in [0.1, 0.15) is 5.82 Å². The van der Waals surface area contributed by atoms with Crippen molar-refractivity contribution in [2.24, 2.45) is 0 Å². The Kier molecular flexibility index (Phi) is 6.43. The number of piperidine rings is 1. The van der Waals surface area contributed by atoms with Crippen LogP contribution in [-0.2, 0) is 13.0 Å². The van der Waals surface area contributed by atoms with E-state index < -0.39 is 0 Å². The van der Waals surface area contributed by atoms with E-state index in [4.69, 9.17) is 4.98 Å². The van der Waals surface area contributed by atoms with E-state index in [-0.39, 0.29) is 11.4 Å². The standard InChI is InChI=1S/C32H30FN7O/c1-37-12-10-28(11-13-37)40-21-26(20-35-40)25-17-24-16-22(2-5-29(24)34-19-25)8-15-39-32(41)7-6-31(36-39)38-14-9-23-3-4-27(33)18-30(23)38/h2-7,9,14,16-21,28H,8,10-13,15H2,1H3. The molecule has 2 aromatic carbocycles. The lowest BCUT2D eigenvalue weighted by Crippen LogP contribution is -2.31. The fraction of sp³-hybridized carbons (Fsp3) is 0.250. The highest BCUT2D eigenvalue weighted by Gasteiger charge is 2.19. The second kappa shape index (κ2) is 10.4. The molecule has 7 rings (SSSR count). The molecule has 0 saturated carbocycles. The van der Waals surface area contributed by atoms with E-state index in [1.54, 1.807) is 16.7 Å². The number of likely N-dealkylation sites (tertiary alicyclic amines) is 1. The minimum absolute atomic E-state index is 0.178. The number of aromatic nitrogens is 6. The lowest BCUT2D eigenvalue weighted by atomic mass is 10.0. The highest BCUT2D eigenvalue weighted by atomic mass is 19.1. The largest absolute Gasteiger partial charge is 0.306 e. The molecule has 41 heavy (non-hydrogen) atoms. The minimum atomic E-state index is -0.314.